The van der Waals surface area contributed by atoms with Crippen molar-refractivity contribution in [1.29, 1.82) is 0 Å². The van der Waals surface area contributed by atoms with Crippen molar-refractivity contribution in [2.24, 2.45) is 7.05 Å². The lowest BCUT2D eigenvalue weighted by atomic mass is 10.1. The van der Waals surface area contributed by atoms with Gasteiger partial charge in [-0.15, -0.1) is 5.10 Å². The maximum absolute atomic E-state index is 5.59. The SMILES string of the molecule is Cc1ccccc1C[NH+](C)Cn1nc(-c2cccc(Br)c2)n(C)c1=S. The average Bonchev–Trinajstić information content (AvgIpc) is 2.85. The molecule has 3 rings (SSSR count). The van der Waals surface area contributed by atoms with Crippen molar-refractivity contribution < 1.29 is 4.90 Å². The average molecular weight is 418 g/mol. The monoisotopic (exact) mass is 417 g/mol. The minimum absolute atomic E-state index is 0.731. The van der Waals surface area contributed by atoms with Crippen LogP contribution in [0.2, 0.25) is 0 Å². The Morgan fingerprint density at radius 2 is 1.92 bits per heavy atom. The van der Waals surface area contributed by atoms with Crippen molar-refractivity contribution >= 4 is 28.1 Å². The summed E-state index contributed by atoms with van der Waals surface area (Å²) in [4.78, 5) is 1.34. The van der Waals surface area contributed by atoms with Crippen molar-refractivity contribution in [3.8, 4) is 11.4 Å². The molecule has 0 aliphatic carbocycles. The molecule has 6 heteroatoms. The molecule has 0 aliphatic heterocycles. The van der Waals surface area contributed by atoms with Crippen LogP contribution in [0.3, 0.4) is 0 Å². The van der Waals surface area contributed by atoms with Crippen LogP contribution >= 0.6 is 28.1 Å². The van der Waals surface area contributed by atoms with Gasteiger partial charge in [-0.05, 0) is 36.8 Å². The second-order valence-electron chi connectivity index (χ2n) is 6.39. The molecule has 1 aromatic heterocycles. The third-order valence-electron chi connectivity index (χ3n) is 4.30. The molecule has 0 saturated heterocycles. The molecule has 1 atom stereocenters. The molecule has 0 amide bonds. The molecule has 25 heavy (non-hydrogen) atoms. The number of aromatic nitrogens is 3. The van der Waals surface area contributed by atoms with Gasteiger partial charge in [0.05, 0.1) is 7.05 Å². The van der Waals surface area contributed by atoms with Gasteiger partial charge in [0.1, 0.15) is 6.54 Å². The van der Waals surface area contributed by atoms with E-state index in [9.17, 15) is 0 Å². The van der Waals surface area contributed by atoms with Gasteiger partial charge in [0.25, 0.3) is 0 Å². The molecule has 2 aromatic carbocycles. The fraction of sp³-hybridized carbons (Fsp3) is 0.263. The molecule has 0 saturated carbocycles. The molecule has 0 spiro atoms. The number of nitrogens with one attached hydrogen (secondary N) is 1. The number of aryl methyl sites for hydroxylation is 1. The molecule has 0 aliphatic rings. The summed E-state index contributed by atoms with van der Waals surface area (Å²) in [6, 6.07) is 16.6. The third-order valence-corrected chi connectivity index (χ3v) is 5.27. The summed E-state index contributed by atoms with van der Waals surface area (Å²) < 4.78 is 5.66. The Morgan fingerprint density at radius 3 is 2.64 bits per heavy atom. The number of halogens is 1. The first-order valence-electron chi connectivity index (χ1n) is 8.21. The maximum Gasteiger partial charge on any atom is 0.202 e. The van der Waals surface area contributed by atoms with Gasteiger partial charge < -0.3 is 9.47 Å². The lowest BCUT2D eigenvalue weighted by Crippen LogP contribution is -3.07. The van der Waals surface area contributed by atoms with Gasteiger partial charge in [-0.2, -0.15) is 4.68 Å². The Balaban J connectivity index is 1.83. The Labute approximate surface area is 161 Å². The number of rotatable bonds is 5. The Morgan fingerprint density at radius 1 is 1.16 bits per heavy atom. The number of hydrogen-bond donors (Lipinski definition) is 1. The minimum Gasteiger partial charge on any atom is -0.315 e. The fourth-order valence-electron chi connectivity index (χ4n) is 2.91. The van der Waals surface area contributed by atoms with Gasteiger partial charge in [0.15, 0.2) is 12.5 Å². The molecule has 4 nitrogen and oxygen atoms in total. The summed E-state index contributed by atoms with van der Waals surface area (Å²) in [5.41, 5.74) is 3.73. The van der Waals surface area contributed by atoms with E-state index in [1.165, 1.54) is 16.0 Å². The van der Waals surface area contributed by atoms with E-state index in [0.717, 1.165) is 33.8 Å². The van der Waals surface area contributed by atoms with Crippen LogP contribution in [0.1, 0.15) is 11.1 Å². The van der Waals surface area contributed by atoms with Crippen LogP contribution in [-0.4, -0.2) is 21.4 Å². The molecule has 3 aromatic rings. The summed E-state index contributed by atoms with van der Waals surface area (Å²) in [6.07, 6.45) is 0. The van der Waals surface area contributed by atoms with Crippen molar-refractivity contribution in [2.75, 3.05) is 7.05 Å². The highest BCUT2D eigenvalue weighted by Gasteiger charge is 2.14. The Hall–Kier alpha value is -1.76. The largest absolute Gasteiger partial charge is 0.315 e. The smallest absolute Gasteiger partial charge is 0.202 e. The summed E-state index contributed by atoms with van der Waals surface area (Å²) in [5, 5.41) is 4.76. The molecule has 0 fully saturated rings. The van der Waals surface area contributed by atoms with Crippen molar-refractivity contribution in [3.63, 3.8) is 0 Å². The molecular weight excluding hydrogens is 396 g/mol. The molecule has 130 valence electrons. The first kappa shape index (κ1) is 18.0. The van der Waals surface area contributed by atoms with Gasteiger partial charge in [-0.1, -0.05) is 52.3 Å². The van der Waals surface area contributed by atoms with Crippen LogP contribution in [-0.2, 0) is 20.3 Å². The highest BCUT2D eigenvalue weighted by Crippen LogP contribution is 2.21. The van der Waals surface area contributed by atoms with Crippen LogP contribution in [0.4, 0.5) is 0 Å². The Kier molecular flexibility index (Phi) is 5.51. The predicted molar refractivity (Wildman–Crippen MR) is 107 cm³/mol. The van der Waals surface area contributed by atoms with Gasteiger partial charge in [-0.3, -0.25) is 0 Å². The number of benzene rings is 2. The van der Waals surface area contributed by atoms with Gasteiger partial charge in [0, 0.05) is 22.6 Å². The van der Waals surface area contributed by atoms with E-state index in [-0.39, 0.29) is 0 Å². The quantitative estimate of drug-likeness (QED) is 0.644. The van der Waals surface area contributed by atoms with E-state index in [2.05, 4.69) is 66.3 Å². The van der Waals surface area contributed by atoms with Crippen LogP contribution in [0.15, 0.2) is 53.0 Å². The summed E-state index contributed by atoms with van der Waals surface area (Å²) in [6.45, 7) is 3.83. The number of nitrogens with zero attached hydrogens (tertiary/aromatic N) is 3. The van der Waals surface area contributed by atoms with Crippen LogP contribution in [0, 0.1) is 11.7 Å². The summed E-state index contributed by atoms with van der Waals surface area (Å²) in [7, 11) is 4.14. The van der Waals surface area contributed by atoms with Gasteiger partial charge >= 0.3 is 0 Å². The summed E-state index contributed by atoms with van der Waals surface area (Å²) in [5.74, 6) is 0.884. The Bertz CT molecular complexity index is 945. The second-order valence-corrected chi connectivity index (χ2v) is 7.67. The summed E-state index contributed by atoms with van der Waals surface area (Å²) >= 11 is 9.11. The topological polar surface area (TPSA) is 27.2 Å². The molecule has 0 bridgehead atoms. The van der Waals surface area contributed by atoms with E-state index in [1.54, 1.807) is 0 Å². The molecule has 1 N–H and O–H groups in total. The first-order chi connectivity index (χ1) is 12.0. The van der Waals surface area contributed by atoms with Gasteiger partial charge in [0.2, 0.25) is 4.77 Å². The van der Waals surface area contributed by atoms with Gasteiger partial charge in [-0.25, -0.2) is 0 Å². The lowest BCUT2D eigenvalue weighted by Gasteiger charge is -2.15. The predicted octanol–water partition coefficient (Wildman–Crippen LogP) is 3.36. The van der Waals surface area contributed by atoms with Crippen LogP contribution < -0.4 is 4.90 Å². The molecule has 0 radical (unpaired) electrons. The molecule has 1 heterocycles. The zero-order chi connectivity index (χ0) is 18.0. The second kappa shape index (κ2) is 7.64. The van der Waals surface area contributed by atoms with E-state index in [0.29, 0.717) is 0 Å². The van der Waals surface area contributed by atoms with Crippen LogP contribution in [0.25, 0.3) is 11.4 Å². The zero-order valence-corrected chi connectivity index (χ0v) is 17.1. The third kappa shape index (κ3) is 4.08. The van der Waals surface area contributed by atoms with Crippen molar-refractivity contribution in [3.05, 3.63) is 68.9 Å². The molecule has 1 unspecified atom stereocenters. The van der Waals surface area contributed by atoms with Crippen LogP contribution in [0.5, 0.6) is 0 Å². The number of hydrogen-bond acceptors (Lipinski definition) is 2. The van der Waals surface area contributed by atoms with E-state index < -0.39 is 0 Å². The van der Waals surface area contributed by atoms with Crippen molar-refractivity contribution in [1.82, 2.24) is 14.3 Å². The first-order valence-corrected chi connectivity index (χ1v) is 9.41. The lowest BCUT2D eigenvalue weighted by molar-refractivity contribution is -0.917. The van der Waals surface area contributed by atoms with E-state index in [1.807, 2.05) is 28.4 Å². The maximum atomic E-state index is 5.59. The van der Waals surface area contributed by atoms with E-state index in [4.69, 9.17) is 17.3 Å². The minimum atomic E-state index is 0.731. The molecular formula is C19H22BrN4S+. The number of quaternary nitrogens is 1. The standard InChI is InChI=1S/C19H21BrN4S/c1-14-7-4-5-8-16(14)12-22(2)13-24-19(25)23(3)18(21-24)15-9-6-10-17(20)11-15/h4-11H,12-13H2,1-3H3/p+1. The highest BCUT2D eigenvalue weighted by molar-refractivity contribution is 9.10. The van der Waals surface area contributed by atoms with Crippen molar-refractivity contribution in [2.45, 2.75) is 20.1 Å². The normalized spacial score (nSPS) is 12.3. The van der Waals surface area contributed by atoms with E-state index >= 15 is 0 Å². The zero-order valence-electron chi connectivity index (χ0n) is 14.7. The highest BCUT2D eigenvalue weighted by atomic mass is 79.9. The fourth-order valence-corrected chi connectivity index (χ4v) is 3.51.